The van der Waals surface area contributed by atoms with Gasteiger partial charge in [0, 0.05) is 11.4 Å². The number of nitrogens with zero attached hydrogens (tertiary/aromatic N) is 1. The van der Waals surface area contributed by atoms with Gasteiger partial charge in [-0.15, -0.1) is 0 Å². The molecule has 126 valence electrons. The number of rotatable bonds is 7. The molecule has 2 rings (SSSR count). The normalized spacial score (nSPS) is 10.8. The maximum absolute atomic E-state index is 12.7. The number of carbonyl (C=O) groups is 1. The fraction of sp³-hybridized carbons (Fsp3) is 0.176. The summed E-state index contributed by atoms with van der Waals surface area (Å²) >= 11 is 11.8. The standard InChI is InChI=1S/C17H15Cl2FN2O2/c18-13-5-8-16(15(19)10-13)24-9-1-2-17(23)22-21-11-12-3-6-14(20)7-4-12/h3-8,10-11H,1-2,9H2,(H,22,23). The maximum atomic E-state index is 12.7. The van der Waals surface area contributed by atoms with Crippen molar-refractivity contribution in [2.24, 2.45) is 5.10 Å². The molecule has 0 saturated carbocycles. The minimum absolute atomic E-state index is 0.237. The highest BCUT2D eigenvalue weighted by atomic mass is 35.5. The van der Waals surface area contributed by atoms with Crippen LogP contribution >= 0.6 is 23.2 Å². The van der Waals surface area contributed by atoms with Crippen molar-refractivity contribution in [3.8, 4) is 5.75 Å². The molecule has 1 amide bonds. The van der Waals surface area contributed by atoms with E-state index in [9.17, 15) is 9.18 Å². The lowest BCUT2D eigenvalue weighted by atomic mass is 10.2. The van der Waals surface area contributed by atoms with Crippen LogP contribution in [0.5, 0.6) is 5.75 Å². The van der Waals surface area contributed by atoms with Gasteiger partial charge < -0.3 is 4.74 Å². The van der Waals surface area contributed by atoms with Crippen molar-refractivity contribution in [3.05, 3.63) is 63.9 Å². The van der Waals surface area contributed by atoms with Gasteiger partial charge in [-0.2, -0.15) is 5.10 Å². The van der Waals surface area contributed by atoms with Gasteiger partial charge in [-0.3, -0.25) is 4.79 Å². The smallest absolute Gasteiger partial charge is 0.240 e. The summed E-state index contributed by atoms with van der Waals surface area (Å²) in [5.41, 5.74) is 3.09. The Kier molecular flexibility index (Phi) is 7.03. The Morgan fingerprint density at radius 2 is 1.96 bits per heavy atom. The van der Waals surface area contributed by atoms with Crippen molar-refractivity contribution in [2.75, 3.05) is 6.61 Å². The second kappa shape index (κ2) is 9.25. The number of halogens is 3. The van der Waals surface area contributed by atoms with Gasteiger partial charge in [-0.25, -0.2) is 9.82 Å². The fourth-order valence-corrected chi connectivity index (χ4v) is 2.25. The van der Waals surface area contributed by atoms with Crippen LogP contribution in [0.1, 0.15) is 18.4 Å². The van der Waals surface area contributed by atoms with Gasteiger partial charge in [-0.05, 0) is 42.3 Å². The molecule has 1 N–H and O–H groups in total. The molecule has 24 heavy (non-hydrogen) atoms. The summed E-state index contributed by atoms with van der Waals surface area (Å²) in [5, 5.41) is 4.77. The molecule has 0 heterocycles. The summed E-state index contributed by atoms with van der Waals surface area (Å²) in [5.74, 6) is -0.0352. The van der Waals surface area contributed by atoms with Gasteiger partial charge in [-0.1, -0.05) is 35.3 Å². The summed E-state index contributed by atoms with van der Waals surface area (Å²) in [4.78, 5) is 11.6. The molecule has 0 spiro atoms. The van der Waals surface area contributed by atoms with Crippen LogP contribution in [0.25, 0.3) is 0 Å². The Bertz CT molecular complexity index is 721. The van der Waals surface area contributed by atoms with Crippen LogP contribution in [0.15, 0.2) is 47.6 Å². The number of amides is 1. The van der Waals surface area contributed by atoms with E-state index in [0.717, 1.165) is 0 Å². The van der Waals surface area contributed by atoms with Crippen LogP contribution in [0, 0.1) is 5.82 Å². The van der Waals surface area contributed by atoms with E-state index >= 15 is 0 Å². The van der Waals surface area contributed by atoms with E-state index in [1.54, 1.807) is 30.3 Å². The SMILES string of the molecule is O=C(CCCOc1ccc(Cl)cc1Cl)NN=Cc1ccc(F)cc1. The van der Waals surface area contributed by atoms with Crippen LogP contribution < -0.4 is 10.2 Å². The van der Waals surface area contributed by atoms with Crippen molar-refractivity contribution >= 4 is 35.3 Å². The summed E-state index contributed by atoms with van der Waals surface area (Å²) in [6.45, 7) is 0.344. The summed E-state index contributed by atoms with van der Waals surface area (Å²) in [6.07, 6.45) is 2.21. The summed E-state index contributed by atoms with van der Waals surface area (Å²) < 4.78 is 18.2. The molecule has 0 unspecified atom stereocenters. The van der Waals surface area contributed by atoms with Crippen LogP contribution in [-0.4, -0.2) is 18.7 Å². The van der Waals surface area contributed by atoms with E-state index in [1.165, 1.54) is 18.3 Å². The van der Waals surface area contributed by atoms with E-state index in [2.05, 4.69) is 10.5 Å². The van der Waals surface area contributed by atoms with Gasteiger partial charge in [0.2, 0.25) is 5.91 Å². The Hall–Kier alpha value is -2.11. The Morgan fingerprint density at radius 3 is 2.67 bits per heavy atom. The fourth-order valence-electron chi connectivity index (χ4n) is 1.79. The maximum Gasteiger partial charge on any atom is 0.240 e. The third-order valence-corrected chi connectivity index (χ3v) is 3.50. The highest BCUT2D eigenvalue weighted by Gasteiger charge is 2.04. The lowest BCUT2D eigenvalue weighted by molar-refractivity contribution is -0.121. The van der Waals surface area contributed by atoms with E-state index in [1.807, 2.05) is 0 Å². The molecular weight excluding hydrogens is 354 g/mol. The first-order valence-electron chi connectivity index (χ1n) is 7.20. The molecule has 0 fully saturated rings. The first kappa shape index (κ1) is 18.2. The predicted molar refractivity (Wildman–Crippen MR) is 93.3 cm³/mol. The van der Waals surface area contributed by atoms with Crippen molar-refractivity contribution in [3.63, 3.8) is 0 Å². The van der Waals surface area contributed by atoms with E-state index in [0.29, 0.717) is 34.4 Å². The number of hydrogen-bond donors (Lipinski definition) is 1. The van der Waals surface area contributed by atoms with E-state index in [4.69, 9.17) is 27.9 Å². The Morgan fingerprint density at radius 1 is 1.21 bits per heavy atom. The highest BCUT2D eigenvalue weighted by Crippen LogP contribution is 2.27. The van der Waals surface area contributed by atoms with Crippen LogP contribution in [0.4, 0.5) is 4.39 Å². The molecule has 4 nitrogen and oxygen atoms in total. The van der Waals surface area contributed by atoms with Crippen LogP contribution in [0.3, 0.4) is 0 Å². The first-order valence-corrected chi connectivity index (χ1v) is 7.95. The quantitative estimate of drug-likeness (QED) is 0.446. The summed E-state index contributed by atoms with van der Waals surface area (Å²) in [7, 11) is 0. The number of ether oxygens (including phenoxy) is 1. The van der Waals surface area contributed by atoms with Crippen LogP contribution in [0.2, 0.25) is 10.0 Å². The molecule has 0 aliphatic heterocycles. The minimum Gasteiger partial charge on any atom is -0.492 e. The Labute approximate surface area is 149 Å². The molecule has 0 aliphatic rings. The number of carbonyl (C=O) groups excluding carboxylic acids is 1. The zero-order chi connectivity index (χ0) is 17.4. The minimum atomic E-state index is -0.322. The zero-order valence-corrected chi connectivity index (χ0v) is 14.1. The average molecular weight is 369 g/mol. The van der Waals surface area contributed by atoms with Crippen molar-refractivity contribution in [2.45, 2.75) is 12.8 Å². The topological polar surface area (TPSA) is 50.7 Å². The highest BCUT2D eigenvalue weighted by molar-refractivity contribution is 6.35. The van der Waals surface area contributed by atoms with E-state index in [-0.39, 0.29) is 18.1 Å². The predicted octanol–water partition coefficient (Wildman–Crippen LogP) is 4.44. The molecule has 0 bridgehead atoms. The molecule has 2 aromatic rings. The lowest BCUT2D eigenvalue weighted by Gasteiger charge is -2.07. The molecule has 0 radical (unpaired) electrons. The van der Waals surface area contributed by atoms with Gasteiger partial charge in [0.1, 0.15) is 11.6 Å². The molecule has 7 heteroatoms. The first-order chi connectivity index (χ1) is 11.5. The van der Waals surface area contributed by atoms with Crippen LogP contribution in [-0.2, 0) is 4.79 Å². The molecule has 0 atom stereocenters. The molecule has 0 aromatic heterocycles. The zero-order valence-electron chi connectivity index (χ0n) is 12.6. The molecule has 2 aromatic carbocycles. The third-order valence-electron chi connectivity index (χ3n) is 2.97. The van der Waals surface area contributed by atoms with Crippen molar-refractivity contribution in [1.82, 2.24) is 5.43 Å². The number of hydrazone groups is 1. The van der Waals surface area contributed by atoms with Gasteiger partial charge >= 0.3 is 0 Å². The molecule has 0 saturated heterocycles. The third kappa shape index (κ3) is 6.18. The number of nitrogens with one attached hydrogen (secondary N) is 1. The van der Waals surface area contributed by atoms with Gasteiger partial charge in [0.25, 0.3) is 0 Å². The summed E-state index contributed by atoms with van der Waals surface area (Å²) in [6, 6.07) is 10.7. The number of hydrogen-bond acceptors (Lipinski definition) is 3. The second-order valence-corrected chi connectivity index (χ2v) is 5.72. The van der Waals surface area contributed by atoms with Gasteiger partial charge in [0.05, 0.1) is 17.8 Å². The number of benzene rings is 2. The van der Waals surface area contributed by atoms with Crippen molar-refractivity contribution < 1.29 is 13.9 Å². The average Bonchev–Trinajstić information content (AvgIpc) is 2.55. The molecule has 0 aliphatic carbocycles. The van der Waals surface area contributed by atoms with E-state index < -0.39 is 0 Å². The van der Waals surface area contributed by atoms with Crippen molar-refractivity contribution in [1.29, 1.82) is 0 Å². The van der Waals surface area contributed by atoms with Gasteiger partial charge in [0.15, 0.2) is 0 Å². The monoisotopic (exact) mass is 368 g/mol. The largest absolute Gasteiger partial charge is 0.492 e. The Balaban J connectivity index is 1.67. The molecular formula is C17H15Cl2FN2O2. The lowest BCUT2D eigenvalue weighted by Crippen LogP contribution is -2.18. The second-order valence-electron chi connectivity index (χ2n) is 4.87.